The maximum Gasteiger partial charge on any atom is 0.332 e. The molecule has 0 saturated heterocycles. The third kappa shape index (κ3) is 4.85. The summed E-state index contributed by atoms with van der Waals surface area (Å²) in [5.41, 5.74) is -0.805. The normalized spacial score (nSPS) is 14.2. The van der Waals surface area contributed by atoms with Crippen molar-refractivity contribution < 1.29 is 18.7 Å². The Morgan fingerprint density at radius 1 is 1.09 bits per heavy atom. The first-order chi connectivity index (χ1) is 16.0. The Kier molecular flexibility index (Phi) is 6.93. The van der Waals surface area contributed by atoms with Crippen molar-refractivity contribution in [3.05, 3.63) is 45.1 Å². The minimum absolute atomic E-state index is 0.0586. The van der Waals surface area contributed by atoms with Crippen LogP contribution >= 0.6 is 0 Å². The number of nitrogens with zero attached hydrogens (tertiary/aromatic N) is 2. The van der Waals surface area contributed by atoms with Crippen LogP contribution in [0.2, 0.25) is 0 Å². The Morgan fingerprint density at radius 2 is 1.82 bits per heavy atom. The second kappa shape index (κ2) is 10.0. The summed E-state index contributed by atoms with van der Waals surface area (Å²) in [5, 5.41) is 6.19. The van der Waals surface area contributed by atoms with Crippen LogP contribution in [0.25, 0.3) is 22.1 Å². The van der Waals surface area contributed by atoms with Crippen LogP contribution in [0.3, 0.4) is 0 Å². The molecule has 0 aliphatic heterocycles. The van der Waals surface area contributed by atoms with Gasteiger partial charge in [-0.2, -0.15) is 0 Å². The maximum atomic E-state index is 13.3. The van der Waals surface area contributed by atoms with Crippen molar-refractivity contribution in [3.8, 4) is 0 Å². The van der Waals surface area contributed by atoms with Gasteiger partial charge >= 0.3 is 5.69 Å². The number of hydrogen-bond acceptors (Lipinski definition) is 6. The van der Waals surface area contributed by atoms with Gasteiger partial charge in [-0.15, -0.1) is 0 Å². The topological polar surface area (TPSA) is 125 Å². The second-order valence-corrected chi connectivity index (χ2v) is 8.28. The summed E-state index contributed by atoms with van der Waals surface area (Å²) in [7, 11) is 1.58. The number of rotatable bonds is 9. The van der Waals surface area contributed by atoms with Crippen molar-refractivity contribution in [2.24, 2.45) is 0 Å². The number of furan rings is 1. The van der Waals surface area contributed by atoms with Gasteiger partial charge in [0, 0.05) is 31.7 Å². The number of benzene rings is 1. The zero-order valence-electron chi connectivity index (χ0n) is 18.6. The lowest BCUT2D eigenvalue weighted by Crippen LogP contribution is -2.46. The van der Waals surface area contributed by atoms with Crippen molar-refractivity contribution in [1.29, 1.82) is 0 Å². The average molecular weight is 456 g/mol. The smallest absolute Gasteiger partial charge is 0.332 e. The van der Waals surface area contributed by atoms with Crippen molar-refractivity contribution in [3.63, 3.8) is 0 Å². The standard InChI is InChI=1S/C23H28N4O6/c1-32-12-6-11-24-18(28)13-26-20-16-9-4-5-10-17(16)33-21(20)22(30)27(23(26)31)14-19(29)25-15-7-2-3-8-15/h4-5,9-10,15H,2-3,6-8,11-14H2,1H3,(H,24,28)(H,25,29). The molecule has 0 bridgehead atoms. The summed E-state index contributed by atoms with van der Waals surface area (Å²) in [6.07, 6.45) is 4.49. The minimum atomic E-state index is -0.729. The molecule has 176 valence electrons. The molecule has 0 radical (unpaired) electrons. The fraction of sp³-hybridized carbons (Fsp3) is 0.478. The van der Waals surface area contributed by atoms with E-state index in [4.69, 9.17) is 9.15 Å². The summed E-state index contributed by atoms with van der Waals surface area (Å²) < 4.78 is 12.8. The van der Waals surface area contributed by atoms with Crippen LogP contribution < -0.4 is 21.9 Å². The molecule has 2 aromatic heterocycles. The van der Waals surface area contributed by atoms with Gasteiger partial charge in [-0.1, -0.05) is 25.0 Å². The van der Waals surface area contributed by atoms with Crippen molar-refractivity contribution in [1.82, 2.24) is 19.8 Å². The Labute approximate surface area is 189 Å². The number of carbonyl (C=O) groups excluding carboxylic acids is 2. The van der Waals surface area contributed by atoms with E-state index in [0.717, 1.165) is 30.3 Å². The molecule has 1 aliphatic carbocycles. The summed E-state index contributed by atoms with van der Waals surface area (Å²) in [4.78, 5) is 51.6. The zero-order chi connectivity index (χ0) is 23.4. The summed E-state index contributed by atoms with van der Waals surface area (Å²) in [6, 6.07) is 6.99. The van der Waals surface area contributed by atoms with Crippen LogP contribution in [0.1, 0.15) is 32.1 Å². The fourth-order valence-corrected chi connectivity index (χ4v) is 4.31. The molecule has 1 aliphatic rings. The van der Waals surface area contributed by atoms with E-state index in [1.54, 1.807) is 31.4 Å². The monoisotopic (exact) mass is 456 g/mol. The number of para-hydroxylation sites is 1. The maximum absolute atomic E-state index is 13.3. The van der Waals surface area contributed by atoms with Crippen LogP contribution in [-0.2, 0) is 27.4 Å². The van der Waals surface area contributed by atoms with Gasteiger partial charge in [0.2, 0.25) is 17.4 Å². The summed E-state index contributed by atoms with van der Waals surface area (Å²) in [6.45, 7) is 0.144. The van der Waals surface area contributed by atoms with E-state index in [0.29, 0.717) is 30.5 Å². The third-order valence-corrected chi connectivity index (χ3v) is 5.91. The van der Waals surface area contributed by atoms with Gasteiger partial charge in [-0.3, -0.25) is 19.0 Å². The van der Waals surface area contributed by atoms with Crippen molar-refractivity contribution in [2.45, 2.75) is 51.2 Å². The quantitative estimate of drug-likeness (QED) is 0.465. The Hall–Kier alpha value is -3.40. The van der Waals surface area contributed by atoms with Gasteiger partial charge in [0.25, 0.3) is 5.56 Å². The second-order valence-electron chi connectivity index (χ2n) is 8.28. The average Bonchev–Trinajstić information content (AvgIpc) is 3.45. The number of carbonyl (C=O) groups is 2. The molecule has 0 atom stereocenters. The van der Waals surface area contributed by atoms with Crippen molar-refractivity contribution >= 4 is 33.9 Å². The van der Waals surface area contributed by atoms with E-state index in [2.05, 4.69) is 10.6 Å². The van der Waals surface area contributed by atoms with Crippen LogP contribution in [0.15, 0.2) is 38.3 Å². The molecule has 33 heavy (non-hydrogen) atoms. The molecule has 0 spiro atoms. The van der Waals surface area contributed by atoms with Gasteiger partial charge < -0.3 is 19.8 Å². The number of ether oxygens (including phenoxy) is 1. The highest BCUT2D eigenvalue weighted by Gasteiger charge is 2.23. The van der Waals surface area contributed by atoms with Gasteiger partial charge in [0.15, 0.2) is 0 Å². The Bertz CT molecular complexity index is 1280. The minimum Gasteiger partial charge on any atom is -0.449 e. The Balaban J connectivity index is 1.71. The van der Waals surface area contributed by atoms with E-state index < -0.39 is 23.7 Å². The molecule has 2 heterocycles. The number of nitrogens with one attached hydrogen (secondary N) is 2. The molecule has 1 aromatic carbocycles. The van der Waals surface area contributed by atoms with Crippen LogP contribution in [-0.4, -0.2) is 47.3 Å². The molecule has 2 N–H and O–H groups in total. The molecular formula is C23H28N4O6. The first kappa shape index (κ1) is 22.8. The van der Waals surface area contributed by atoms with Gasteiger partial charge in [0.05, 0.1) is 0 Å². The third-order valence-electron chi connectivity index (χ3n) is 5.91. The predicted molar refractivity (Wildman–Crippen MR) is 122 cm³/mol. The number of aromatic nitrogens is 2. The summed E-state index contributed by atoms with van der Waals surface area (Å²) >= 11 is 0. The molecule has 1 saturated carbocycles. The number of fused-ring (bicyclic) bond motifs is 3. The SMILES string of the molecule is COCCCNC(=O)Cn1c(=O)n(CC(=O)NC2CCCC2)c(=O)c2oc3ccccc3c21. The lowest BCUT2D eigenvalue weighted by atomic mass is 10.2. The number of amides is 2. The largest absolute Gasteiger partial charge is 0.449 e. The lowest BCUT2D eigenvalue weighted by Gasteiger charge is -2.14. The van der Waals surface area contributed by atoms with E-state index >= 15 is 0 Å². The highest BCUT2D eigenvalue weighted by atomic mass is 16.5. The van der Waals surface area contributed by atoms with Gasteiger partial charge in [0.1, 0.15) is 24.2 Å². The zero-order valence-corrected chi connectivity index (χ0v) is 18.6. The van der Waals surface area contributed by atoms with Crippen molar-refractivity contribution in [2.75, 3.05) is 20.3 Å². The highest BCUT2D eigenvalue weighted by Crippen LogP contribution is 2.25. The van der Waals surface area contributed by atoms with Crippen LogP contribution in [0.5, 0.6) is 0 Å². The lowest BCUT2D eigenvalue weighted by molar-refractivity contribution is -0.122. The molecule has 3 aromatic rings. The van der Waals surface area contributed by atoms with Crippen LogP contribution in [0, 0.1) is 0 Å². The van der Waals surface area contributed by atoms with E-state index in [9.17, 15) is 19.2 Å². The summed E-state index contributed by atoms with van der Waals surface area (Å²) in [5.74, 6) is -0.799. The molecule has 4 rings (SSSR count). The molecular weight excluding hydrogens is 428 g/mol. The van der Waals surface area contributed by atoms with Gasteiger partial charge in [-0.05, 0) is 31.4 Å². The van der Waals surface area contributed by atoms with E-state index in [-0.39, 0.29) is 29.6 Å². The predicted octanol–water partition coefficient (Wildman–Crippen LogP) is 1.12. The fourth-order valence-electron chi connectivity index (χ4n) is 4.31. The van der Waals surface area contributed by atoms with E-state index in [1.165, 1.54) is 4.57 Å². The molecule has 10 heteroatoms. The molecule has 10 nitrogen and oxygen atoms in total. The first-order valence-corrected chi connectivity index (χ1v) is 11.2. The molecule has 0 unspecified atom stereocenters. The van der Waals surface area contributed by atoms with Gasteiger partial charge in [-0.25, -0.2) is 9.36 Å². The Morgan fingerprint density at radius 3 is 2.58 bits per heavy atom. The van der Waals surface area contributed by atoms with Crippen LogP contribution in [0.4, 0.5) is 0 Å². The molecule has 1 fully saturated rings. The molecule has 2 amide bonds. The number of hydrogen-bond donors (Lipinski definition) is 2. The first-order valence-electron chi connectivity index (χ1n) is 11.2. The van der Waals surface area contributed by atoms with E-state index in [1.807, 2.05) is 0 Å². The highest BCUT2D eigenvalue weighted by molar-refractivity contribution is 6.02. The number of methoxy groups -OCH3 is 1.